The minimum absolute atomic E-state index is 0.0701. The molecule has 0 aromatic heterocycles. The van der Waals surface area contributed by atoms with Crippen LogP contribution in [0.25, 0.3) is 0 Å². The highest BCUT2D eigenvalue weighted by molar-refractivity contribution is 5.79. The lowest BCUT2D eigenvalue weighted by Crippen LogP contribution is -2.48. The fraction of sp³-hybridized carbons (Fsp3) is 0.533. The minimum atomic E-state index is -0.878. The van der Waals surface area contributed by atoms with Gasteiger partial charge in [0.25, 0.3) is 0 Å². The van der Waals surface area contributed by atoms with Crippen molar-refractivity contribution < 1.29 is 19.7 Å². The maximum atomic E-state index is 11.4. The Morgan fingerprint density at radius 1 is 1.50 bits per heavy atom. The molecule has 0 amide bonds. The van der Waals surface area contributed by atoms with Crippen molar-refractivity contribution in [2.24, 2.45) is 0 Å². The van der Waals surface area contributed by atoms with Gasteiger partial charge in [0.2, 0.25) is 0 Å². The van der Waals surface area contributed by atoms with E-state index in [9.17, 15) is 9.90 Å². The molecule has 0 saturated heterocycles. The Hall–Kier alpha value is -1.59. The molecule has 1 aliphatic rings. The zero-order valence-corrected chi connectivity index (χ0v) is 11.6. The van der Waals surface area contributed by atoms with E-state index >= 15 is 0 Å². The highest BCUT2D eigenvalue weighted by Gasteiger charge is 2.45. The molecular formula is C15H21NO4. The second kappa shape index (κ2) is 6.24. The van der Waals surface area contributed by atoms with Crippen molar-refractivity contribution in [3.8, 4) is 5.75 Å². The zero-order chi connectivity index (χ0) is 14.6. The summed E-state index contributed by atoms with van der Waals surface area (Å²) in [6.45, 7) is 0.0701. The second-order valence-electron chi connectivity index (χ2n) is 5.20. The molecule has 0 bridgehead atoms. The first-order chi connectivity index (χ1) is 9.61. The van der Waals surface area contributed by atoms with E-state index in [-0.39, 0.29) is 12.7 Å². The van der Waals surface area contributed by atoms with E-state index in [1.165, 1.54) is 0 Å². The summed E-state index contributed by atoms with van der Waals surface area (Å²) in [7, 11) is 1.68. The van der Waals surface area contributed by atoms with E-state index in [1.54, 1.807) is 7.05 Å². The molecule has 110 valence electrons. The molecule has 2 rings (SSSR count). The molecule has 1 saturated carbocycles. The second-order valence-corrected chi connectivity index (χ2v) is 5.20. The summed E-state index contributed by atoms with van der Waals surface area (Å²) < 4.78 is 5.95. The zero-order valence-electron chi connectivity index (χ0n) is 11.6. The summed E-state index contributed by atoms with van der Waals surface area (Å²) >= 11 is 0. The lowest BCUT2D eigenvalue weighted by Gasteiger charge is -2.24. The average Bonchev–Trinajstić information content (AvgIpc) is 2.86. The number of aliphatic carboxylic acids is 1. The topological polar surface area (TPSA) is 78.8 Å². The van der Waals surface area contributed by atoms with E-state index in [0.717, 1.165) is 11.3 Å². The standard InChI is InChI=1S/C15H21NO4/c1-16-15(14(18)19)8-6-12(10-15)20-13-5-3-2-4-11(13)7-9-17/h2-5,12,16-17H,6-10H2,1H3,(H,18,19). The van der Waals surface area contributed by atoms with Gasteiger partial charge in [-0.3, -0.25) is 4.79 Å². The molecule has 0 spiro atoms. The van der Waals surface area contributed by atoms with E-state index in [0.29, 0.717) is 25.7 Å². The summed E-state index contributed by atoms with van der Waals surface area (Å²) in [4.78, 5) is 11.4. The first-order valence-electron chi connectivity index (χ1n) is 6.89. The van der Waals surface area contributed by atoms with Crippen molar-refractivity contribution in [3.05, 3.63) is 29.8 Å². The maximum absolute atomic E-state index is 11.4. The Kier molecular flexibility index (Phi) is 4.62. The fourth-order valence-corrected chi connectivity index (χ4v) is 2.75. The lowest BCUT2D eigenvalue weighted by molar-refractivity contribution is -0.144. The van der Waals surface area contributed by atoms with Crippen molar-refractivity contribution in [2.45, 2.75) is 37.3 Å². The van der Waals surface area contributed by atoms with Crippen LogP contribution in [0.15, 0.2) is 24.3 Å². The van der Waals surface area contributed by atoms with Crippen molar-refractivity contribution in [2.75, 3.05) is 13.7 Å². The third-order valence-electron chi connectivity index (χ3n) is 4.00. The molecule has 1 aliphatic carbocycles. The van der Waals surface area contributed by atoms with E-state index in [1.807, 2.05) is 24.3 Å². The molecule has 0 aliphatic heterocycles. The molecule has 2 unspecified atom stereocenters. The Bertz CT molecular complexity index is 477. The number of likely N-dealkylation sites (N-methyl/N-ethyl adjacent to an activating group) is 1. The van der Waals surface area contributed by atoms with E-state index < -0.39 is 11.5 Å². The van der Waals surface area contributed by atoms with Gasteiger partial charge in [-0.2, -0.15) is 0 Å². The van der Waals surface area contributed by atoms with Gasteiger partial charge in [0.1, 0.15) is 17.4 Å². The Labute approximate surface area is 118 Å². The van der Waals surface area contributed by atoms with Crippen LogP contribution in [0, 0.1) is 0 Å². The van der Waals surface area contributed by atoms with Gasteiger partial charge in [-0.15, -0.1) is 0 Å². The summed E-state index contributed by atoms with van der Waals surface area (Å²) in [5.74, 6) is -0.0846. The van der Waals surface area contributed by atoms with Crippen molar-refractivity contribution in [3.63, 3.8) is 0 Å². The highest BCUT2D eigenvalue weighted by atomic mass is 16.5. The summed E-state index contributed by atoms with van der Waals surface area (Å²) in [6.07, 6.45) is 2.15. The minimum Gasteiger partial charge on any atom is -0.490 e. The van der Waals surface area contributed by atoms with Gasteiger partial charge in [0, 0.05) is 13.0 Å². The fourth-order valence-electron chi connectivity index (χ4n) is 2.75. The normalized spacial score (nSPS) is 25.6. The quantitative estimate of drug-likeness (QED) is 0.729. The SMILES string of the molecule is CNC1(C(=O)O)CCC(Oc2ccccc2CCO)C1. The number of aliphatic hydroxyl groups excluding tert-OH is 1. The smallest absolute Gasteiger partial charge is 0.324 e. The molecule has 1 fully saturated rings. The van der Waals surface area contributed by atoms with E-state index in [2.05, 4.69) is 5.32 Å². The number of hydrogen-bond acceptors (Lipinski definition) is 4. The van der Waals surface area contributed by atoms with Crippen LogP contribution in [0.1, 0.15) is 24.8 Å². The molecule has 1 aromatic carbocycles. The third kappa shape index (κ3) is 2.94. The molecule has 3 N–H and O–H groups in total. The lowest BCUT2D eigenvalue weighted by atomic mass is 9.98. The number of nitrogens with one attached hydrogen (secondary N) is 1. The molecule has 5 nitrogen and oxygen atoms in total. The number of rotatable bonds is 6. The molecular weight excluding hydrogens is 258 g/mol. The number of carbonyl (C=O) groups is 1. The predicted molar refractivity (Wildman–Crippen MR) is 74.9 cm³/mol. The van der Waals surface area contributed by atoms with Gasteiger partial charge in [-0.1, -0.05) is 18.2 Å². The van der Waals surface area contributed by atoms with Gasteiger partial charge in [-0.25, -0.2) is 0 Å². The number of benzene rings is 1. The molecule has 2 atom stereocenters. The van der Waals surface area contributed by atoms with Crippen LogP contribution in [0.4, 0.5) is 0 Å². The third-order valence-corrected chi connectivity index (χ3v) is 4.00. The average molecular weight is 279 g/mol. The van der Waals surface area contributed by atoms with Gasteiger partial charge < -0.3 is 20.3 Å². The largest absolute Gasteiger partial charge is 0.490 e. The van der Waals surface area contributed by atoms with E-state index in [4.69, 9.17) is 9.84 Å². The van der Waals surface area contributed by atoms with Crippen LogP contribution < -0.4 is 10.1 Å². The Morgan fingerprint density at radius 3 is 2.85 bits per heavy atom. The summed E-state index contributed by atoms with van der Waals surface area (Å²) in [5.41, 5.74) is 0.0728. The first kappa shape index (κ1) is 14.8. The number of ether oxygens (including phenoxy) is 1. The Morgan fingerprint density at radius 2 is 2.25 bits per heavy atom. The number of aliphatic hydroxyl groups is 1. The number of hydrogen-bond donors (Lipinski definition) is 3. The van der Waals surface area contributed by atoms with Gasteiger partial charge in [0.05, 0.1) is 0 Å². The number of carboxylic acids is 1. The van der Waals surface area contributed by atoms with Crippen LogP contribution in [-0.4, -0.2) is 41.5 Å². The molecule has 0 heterocycles. The van der Waals surface area contributed by atoms with Gasteiger partial charge in [0.15, 0.2) is 0 Å². The van der Waals surface area contributed by atoms with Crippen LogP contribution in [0.5, 0.6) is 5.75 Å². The van der Waals surface area contributed by atoms with Crippen molar-refractivity contribution >= 4 is 5.97 Å². The molecule has 5 heteroatoms. The first-order valence-corrected chi connectivity index (χ1v) is 6.89. The number of carboxylic acid groups (broad SMARTS) is 1. The predicted octanol–water partition coefficient (Wildman–Crippen LogP) is 1.20. The number of para-hydroxylation sites is 1. The van der Waals surface area contributed by atoms with Gasteiger partial charge >= 0.3 is 5.97 Å². The van der Waals surface area contributed by atoms with Crippen LogP contribution >= 0.6 is 0 Å². The molecule has 0 radical (unpaired) electrons. The highest BCUT2D eigenvalue weighted by Crippen LogP contribution is 2.33. The van der Waals surface area contributed by atoms with Crippen LogP contribution in [0.3, 0.4) is 0 Å². The summed E-state index contributed by atoms with van der Waals surface area (Å²) in [6, 6.07) is 7.57. The monoisotopic (exact) mass is 279 g/mol. The molecule has 20 heavy (non-hydrogen) atoms. The Balaban J connectivity index is 2.07. The summed E-state index contributed by atoms with van der Waals surface area (Å²) in [5, 5.41) is 21.3. The molecule has 1 aromatic rings. The van der Waals surface area contributed by atoms with Crippen LogP contribution in [0.2, 0.25) is 0 Å². The van der Waals surface area contributed by atoms with Crippen molar-refractivity contribution in [1.82, 2.24) is 5.32 Å². The van der Waals surface area contributed by atoms with Gasteiger partial charge in [-0.05, 0) is 37.9 Å². The van der Waals surface area contributed by atoms with Crippen LogP contribution in [-0.2, 0) is 11.2 Å². The van der Waals surface area contributed by atoms with Crippen molar-refractivity contribution in [1.29, 1.82) is 0 Å². The maximum Gasteiger partial charge on any atom is 0.324 e.